The Labute approximate surface area is 130 Å². The number of para-hydroxylation sites is 1. The molecule has 2 unspecified atom stereocenters. The molecule has 0 aliphatic heterocycles. The molecular formula is C14H13IN2O3. The molecule has 104 valence electrons. The minimum absolute atomic E-state index is 0.375. The van der Waals surface area contributed by atoms with Crippen LogP contribution in [0.15, 0.2) is 54.1 Å². The minimum Gasteiger partial charge on any atom is -0.325 e. The summed E-state index contributed by atoms with van der Waals surface area (Å²) in [4.78, 5) is 23.3. The molecule has 0 fully saturated rings. The first-order valence-electron chi connectivity index (χ1n) is 6.00. The lowest BCUT2D eigenvalue weighted by Crippen LogP contribution is -2.46. The molecule has 0 saturated carbocycles. The molecule has 1 N–H and O–H groups in total. The Morgan fingerprint density at radius 3 is 2.65 bits per heavy atom. The number of hydrogen-bond acceptors (Lipinski definition) is 3. The highest BCUT2D eigenvalue weighted by Crippen LogP contribution is 2.39. The summed E-state index contributed by atoms with van der Waals surface area (Å²) in [5.74, 6) is -1.20. The number of rotatable bonds is 3. The van der Waals surface area contributed by atoms with Crippen LogP contribution in [0.1, 0.15) is 6.92 Å². The molecule has 0 spiro atoms. The number of alkyl halides is 1. The van der Waals surface area contributed by atoms with Gasteiger partial charge in [-0.05, 0) is 19.1 Å². The molecule has 0 bridgehead atoms. The van der Waals surface area contributed by atoms with E-state index in [1.54, 1.807) is 65.9 Å². The van der Waals surface area contributed by atoms with Crippen LogP contribution >= 0.6 is 22.6 Å². The predicted octanol–water partition coefficient (Wildman–Crippen LogP) is 3.17. The number of amides is 1. The van der Waals surface area contributed by atoms with Crippen LogP contribution in [0, 0.1) is 16.0 Å². The van der Waals surface area contributed by atoms with Gasteiger partial charge in [-0.15, -0.1) is 0 Å². The van der Waals surface area contributed by atoms with Gasteiger partial charge in [0, 0.05) is 39.3 Å². The van der Waals surface area contributed by atoms with Gasteiger partial charge in [-0.3, -0.25) is 14.9 Å². The molecule has 2 rings (SSSR count). The standard InChI is InChI=1S/C14H13IN2O3/c1-10-6-5-9-14(15,17(19)20)12(10)13(18)16-11-7-3-2-4-8-11/h2-9,12H,1H3,(H,16,18). The van der Waals surface area contributed by atoms with Gasteiger partial charge in [0.1, 0.15) is 5.92 Å². The number of hydrogen-bond donors (Lipinski definition) is 1. The molecule has 20 heavy (non-hydrogen) atoms. The molecule has 0 saturated heterocycles. The second-order valence-electron chi connectivity index (χ2n) is 4.54. The van der Waals surface area contributed by atoms with Crippen molar-refractivity contribution in [2.24, 2.45) is 5.92 Å². The van der Waals surface area contributed by atoms with Crippen molar-refractivity contribution in [1.82, 2.24) is 0 Å². The molecule has 5 nitrogen and oxygen atoms in total. The molecular weight excluding hydrogens is 371 g/mol. The van der Waals surface area contributed by atoms with Gasteiger partial charge >= 0.3 is 3.55 Å². The molecule has 6 heteroatoms. The summed E-state index contributed by atoms with van der Waals surface area (Å²) in [6.45, 7) is 1.73. The van der Waals surface area contributed by atoms with Gasteiger partial charge in [0.15, 0.2) is 0 Å². The predicted molar refractivity (Wildman–Crippen MR) is 85.2 cm³/mol. The van der Waals surface area contributed by atoms with Crippen LogP contribution in [-0.4, -0.2) is 14.4 Å². The Balaban J connectivity index is 2.29. The first-order chi connectivity index (χ1) is 9.45. The lowest BCUT2D eigenvalue weighted by molar-refractivity contribution is -0.522. The number of benzene rings is 1. The highest BCUT2D eigenvalue weighted by molar-refractivity contribution is 14.1. The zero-order valence-corrected chi connectivity index (χ0v) is 12.9. The smallest absolute Gasteiger partial charge is 0.303 e. The SMILES string of the molecule is CC1=CC=CC(I)([N+](=O)[O-])C1C(=O)Nc1ccccc1. The Morgan fingerprint density at radius 2 is 2.05 bits per heavy atom. The second-order valence-corrected chi connectivity index (χ2v) is 6.27. The van der Waals surface area contributed by atoms with Crippen molar-refractivity contribution in [1.29, 1.82) is 0 Å². The number of halogens is 1. The maximum atomic E-state index is 12.4. The Kier molecular flexibility index (Phi) is 4.22. The van der Waals surface area contributed by atoms with Gasteiger partial charge in [-0.25, -0.2) is 0 Å². The summed E-state index contributed by atoms with van der Waals surface area (Å²) in [6.07, 6.45) is 4.81. The van der Waals surface area contributed by atoms with E-state index in [9.17, 15) is 14.9 Å². The van der Waals surface area contributed by atoms with E-state index in [2.05, 4.69) is 5.32 Å². The highest BCUT2D eigenvalue weighted by atomic mass is 127. The van der Waals surface area contributed by atoms with Crippen LogP contribution in [0.2, 0.25) is 0 Å². The van der Waals surface area contributed by atoms with Gasteiger partial charge in [0.05, 0.1) is 0 Å². The Morgan fingerprint density at radius 1 is 1.40 bits per heavy atom. The van der Waals surface area contributed by atoms with Gasteiger partial charge in [-0.2, -0.15) is 0 Å². The van der Waals surface area contributed by atoms with E-state index < -0.39 is 14.4 Å². The number of carbonyl (C=O) groups excluding carboxylic acids is 1. The molecule has 1 aliphatic rings. The van der Waals surface area contributed by atoms with Crippen LogP contribution in [0.4, 0.5) is 5.69 Å². The van der Waals surface area contributed by atoms with Crippen LogP contribution in [0.25, 0.3) is 0 Å². The lowest BCUT2D eigenvalue weighted by atomic mass is 9.87. The van der Waals surface area contributed by atoms with Gasteiger partial charge in [-0.1, -0.05) is 35.9 Å². The lowest BCUT2D eigenvalue weighted by Gasteiger charge is -2.28. The molecule has 0 aromatic heterocycles. The summed E-state index contributed by atoms with van der Waals surface area (Å²) < 4.78 is -1.45. The van der Waals surface area contributed by atoms with E-state index in [1.165, 1.54) is 6.08 Å². The zero-order valence-electron chi connectivity index (χ0n) is 10.7. The number of nitro groups is 1. The number of nitrogens with zero attached hydrogens (tertiary/aromatic N) is 1. The summed E-state index contributed by atoms with van der Waals surface area (Å²) in [5, 5.41) is 14.1. The third kappa shape index (κ3) is 2.74. The zero-order chi connectivity index (χ0) is 14.8. The van der Waals surface area contributed by atoms with Crippen molar-refractivity contribution in [3.63, 3.8) is 0 Å². The van der Waals surface area contributed by atoms with Gasteiger partial charge in [0.2, 0.25) is 5.91 Å². The average Bonchev–Trinajstić information content (AvgIpc) is 2.39. The summed E-state index contributed by atoms with van der Waals surface area (Å²) in [5.41, 5.74) is 1.30. The van der Waals surface area contributed by atoms with E-state index in [0.717, 1.165) is 0 Å². The van der Waals surface area contributed by atoms with Crippen LogP contribution in [0.5, 0.6) is 0 Å². The van der Waals surface area contributed by atoms with Crippen molar-refractivity contribution in [2.45, 2.75) is 10.5 Å². The van der Waals surface area contributed by atoms with E-state index in [4.69, 9.17) is 0 Å². The van der Waals surface area contributed by atoms with Crippen molar-refractivity contribution in [3.05, 3.63) is 64.2 Å². The monoisotopic (exact) mass is 384 g/mol. The van der Waals surface area contributed by atoms with Crippen LogP contribution < -0.4 is 5.32 Å². The van der Waals surface area contributed by atoms with Crippen LogP contribution in [0.3, 0.4) is 0 Å². The first kappa shape index (κ1) is 14.7. The third-order valence-electron chi connectivity index (χ3n) is 3.13. The number of allylic oxidation sites excluding steroid dienone is 2. The second kappa shape index (κ2) is 5.74. The van der Waals surface area contributed by atoms with Gasteiger partial charge < -0.3 is 5.32 Å². The summed E-state index contributed by atoms with van der Waals surface area (Å²) in [7, 11) is 0. The maximum Gasteiger partial charge on any atom is 0.303 e. The minimum atomic E-state index is -1.45. The molecule has 0 radical (unpaired) electrons. The quantitative estimate of drug-likeness (QED) is 0.286. The van der Waals surface area contributed by atoms with E-state index in [0.29, 0.717) is 11.3 Å². The van der Waals surface area contributed by atoms with Crippen LogP contribution in [-0.2, 0) is 4.79 Å². The highest BCUT2D eigenvalue weighted by Gasteiger charge is 2.51. The Hall–Kier alpha value is -1.70. The van der Waals surface area contributed by atoms with E-state index >= 15 is 0 Å². The average molecular weight is 384 g/mol. The van der Waals surface area contributed by atoms with Crippen molar-refractivity contribution < 1.29 is 9.72 Å². The fourth-order valence-electron chi connectivity index (χ4n) is 2.14. The maximum absolute atomic E-state index is 12.4. The molecule has 1 aromatic carbocycles. The fraction of sp³-hybridized carbons (Fsp3) is 0.214. The number of anilines is 1. The molecule has 1 aliphatic carbocycles. The first-order valence-corrected chi connectivity index (χ1v) is 7.08. The molecule has 0 heterocycles. The molecule has 1 amide bonds. The Bertz CT molecular complexity index is 598. The third-order valence-corrected chi connectivity index (χ3v) is 4.51. The van der Waals surface area contributed by atoms with E-state index in [1.807, 2.05) is 6.07 Å². The van der Waals surface area contributed by atoms with E-state index in [-0.39, 0.29) is 5.91 Å². The van der Waals surface area contributed by atoms with Gasteiger partial charge in [0.25, 0.3) is 0 Å². The summed E-state index contributed by atoms with van der Waals surface area (Å²) >= 11 is 1.73. The number of nitrogens with one attached hydrogen (secondary N) is 1. The van der Waals surface area contributed by atoms with Crippen molar-refractivity contribution in [2.75, 3.05) is 5.32 Å². The summed E-state index contributed by atoms with van der Waals surface area (Å²) in [6, 6.07) is 8.92. The molecule has 2 atom stereocenters. The topological polar surface area (TPSA) is 72.2 Å². The normalized spacial score (nSPS) is 24.9. The largest absolute Gasteiger partial charge is 0.325 e. The number of carbonyl (C=O) groups is 1. The van der Waals surface area contributed by atoms with Crippen molar-refractivity contribution >= 4 is 34.2 Å². The van der Waals surface area contributed by atoms with Crippen molar-refractivity contribution in [3.8, 4) is 0 Å². The fourth-order valence-corrected chi connectivity index (χ4v) is 3.12. The molecule has 1 aromatic rings.